The first kappa shape index (κ1) is 15.5. The average Bonchev–Trinajstić information content (AvgIpc) is 2.25. The van der Waals surface area contributed by atoms with E-state index in [0.29, 0.717) is 0 Å². The maximum atomic E-state index is 11.8. The molecule has 0 saturated heterocycles. The van der Waals surface area contributed by atoms with Crippen LogP contribution in [0, 0.1) is 0 Å². The summed E-state index contributed by atoms with van der Waals surface area (Å²) in [6.07, 6.45) is 0. The van der Waals surface area contributed by atoms with E-state index >= 15 is 0 Å². The van der Waals surface area contributed by atoms with Crippen LogP contribution in [-0.4, -0.2) is 18.2 Å². The molecule has 0 unspecified atom stereocenters. The van der Waals surface area contributed by atoms with E-state index in [4.69, 9.17) is 4.74 Å². The summed E-state index contributed by atoms with van der Waals surface area (Å²) >= 11 is 0. The number of ether oxygens (including phenoxy) is 1. The van der Waals surface area contributed by atoms with Crippen molar-refractivity contribution in [1.29, 1.82) is 0 Å². The number of carbonyl (C=O) groups excluding carboxylic acids is 1. The van der Waals surface area contributed by atoms with E-state index in [9.17, 15) is 9.90 Å². The Bertz CT molecular complexity index is 488. The third-order valence-electron chi connectivity index (χ3n) is 3.19. The molecule has 0 heterocycles. The van der Waals surface area contributed by atoms with Gasteiger partial charge in [-0.3, -0.25) is 0 Å². The number of hydrogen-bond donors (Lipinski definition) is 1. The highest BCUT2D eigenvalue weighted by molar-refractivity contribution is 5.93. The molecule has 0 aromatic heterocycles. The second-order valence-corrected chi connectivity index (χ2v) is 6.91. The molecule has 0 radical (unpaired) electrons. The summed E-state index contributed by atoms with van der Waals surface area (Å²) in [5.74, 6) is -0.485. The second-order valence-electron chi connectivity index (χ2n) is 6.91. The predicted molar refractivity (Wildman–Crippen MR) is 76.8 cm³/mol. The van der Waals surface area contributed by atoms with Crippen molar-refractivity contribution in [1.82, 2.24) is 0 Å². The number of phenolic OH excluding ortho intramolecular Hbond substituents is 1. The summed E-state index contributed by atoms with van der Waals surface area (Å²) < 4.78 is 4.75. The molecule has 0 atom stereocenters. The van der Waals surface area contributed by atoms with Crippen LogP contribution in [0.25, 0.3) is 0 Å². The largest absolute Gasteiger partial charge is 0.507 e. The van der Waals surface area contributed by atoms with Gasteiger partial charge in [-0.25, -0.2) is 4.79 Å². The van der Waals surface area contributed by atoms with Gasteiger partial charge in [-0.05, 0) is 22.5 Å². The number of rotatable bonds is 1. The second kappa shape index (κ2) is 4.87. The zero-order chi connectivity index (χ0) is 15.0. The van der Waals surface area contributed by atoms with Crippen molar-refractivity contribution in [3.63, 3.8) is 0 Å². The molecule has 1 N–H and O–H groups in total. The van der Waals surface area contributed by atoms with Crippen LogP contribution >= 0.6 is 0 Å². The third-order valence-corrected chi connectivity index (χ3v) is 3.19. The molecule has 1 rings (SSSR count). The van der Waals surface area contributed by atoms with E-state index < -0.39 is 5.97 Å². The van der Waals surface area contributed by atoms with Crippen molar-refractivity contribution in [2.75, 3.05) is 7.11 Å². The molecule has 0 aliphatic heterocycles. The quantitative estimate of drug-likeness (QED) is 0.785. The zero-order valence-corrected chi connectivity index (χ0v) is 12.9. The molecule has 19 heavy (non-hydrogen) atoms. The monoisotopic (exact) mass is 264 g/mol. The minimum atomic E-state index is -0.505. The van der Waals surface area contributed by atoms with Gasteiger partial charge in [0.15, 0.2) is 0 Å². The van der Waals surface area contributed by atoms with Crippen molar-refractivity contribution in [3.8, 4) is 5.75 Å². The lowest BCUT2D eigenvalue weighted by atomic mass is 9.79. The predicted octanol–water partition coefficient (Wildman–Crippen LogP) is 3.77. The van der Waals surface area contributed by atoms with E-state index in [2.05, 4.69) is 20.8 Å². The smallest absolute Gasteiger partial charge is 0.341 e. The summed E-state index contributed by atoms with van der Waals surface area (Å²) in [5, 5.41) is 10.3. The number of phenols is 1. The van der Waals surface area contributed by atoms with Gasteiger partial charge in [0, 0.05) is 5.56 Å². The third kappa shape index (κ3) is 3.28. The number of hydrogen-bond acceptors (Lipinski definition) is 3. The molecule has 0 bridgehead atoms. The summed E-state index contributed by atoms with van der Waals surface area (Å²) in [4.78, 5) is 11.8. The molecular formula is C16H24O3. The maximum Gasteiger partial charge on any atom is 0.341 e. The normalized spacial score (nSPS) is 12.4. The molecule has 0 saturated carbocycles. The van der Waals surface area contributed by atoms with Gasteiger partial charge >= 0.3 is 5.97 Å². The van der Waals surface area contributed by atoms with Crippen LogP contribution in [0.15, 0.2) is 12.1 Å². The fourth-order valence-electron chi connectivity index (χ4n) is 1.90. The molecule has 3 nitrogen and oxygen atoms in total. The topological polar surface area (TPSA) is 46.5 Å². The van der Waals surface area contributed by atoms with Crippen LogP contribution in [0.4, 0.5) is 0 Å². The van der Waals surface area contributed by atoms with Gasteiger partial charge in [-0.2, -0.15) is 0 Å². The van der Waals surface area contributed by atoms with Gasteiger partial charge in [-0.15, -0.1) is 0 Å². The molecule has 1 aromatic rings. The van der Waals surface area contributed by atoms with Crippen LogP contribution in [0.2, 0.25) is 0 Å². The minimum Gasteiger partial charge on any atom is -0.507 e. The summed E-state index contributed by atoms with van der Waals surface area (Å²) in [6, 6.07) is 3.69. The van der Waals surface area contributed by atoms with Crippen molar-refractivity contribution in [3.05, 3.63) is 28.8 Å². The van der Waals surface area contributed by atoms with Gasteiger partial charge in [-0.1, -0.05) is 47.6 Å². The number of benzene rings is 1. The highest BCUT2D eigenvalue weighted by Crippen LogP contribution is 2.37. The van der Waals surface area contributed by atoms with Crippen molar-refractivity contribution in [2.24, 2.45) is 0 Å². The Balaban J connectivity index is 3.62. The highest BCUT2D eigenvalue weighted by Gasteiger charge is 2.27. The first-order valence-corrected chi connectivity index (χ1v) is 6.44. The van der Waals surface area contributed by atoms with Gasteiger partial charge < -0.3 is 9.84 Å². The Morgan fingerprint density at radius 1 is 1.05 bits per heavy atom. The van der Waals surface area contributed by atoms with E-state index in [-0.39, 0.29) is 22.1 Å². The Morgan fingerprint density at radius 3 is 1.95 bits per heavy atom. The van der Waals surface area contributed by atoms with Crippen LogP contribution in [0.3, 0.4) is 0 Å². The van der Waals surface area contributed by atoms with Crippen LogP contribution in [0.1, 0.15) is 63.0 Å². The molecule has 106 valence electrons. The minimum absolute atomic E-state index is 0.0207. The molecule has 3 heteroatoms. The molecule has 0 aliphatic carbocycles. The number of carbonyl (C=O) groups is 1. The van der Waals surface area contributed by atoms with Crippen molar-refractivity contribution in [2.45, 2.75) is 52.4 Å². The lowest BCUT2D eigenvalue weighted by Crippen LogP contribution is -2.19. The lowest BCUT2D eigenvalue weighted by molar-refractivity contribution is 0.0597. The number of esters is 1. The number of aromatic hydroxyl groups is 1. The Morgan fingerprint density at radius 2 is 1.58 bits per heavy atom. The van der Waals surface area contributed by atoms with Crippen LogP contribution in [0.5, 0.6) is 5.75 Å². The standard InChI is InChI=1S/C16H24O3/c1-15(2,3)10-8-11(14(18)19-7)13(17)12(9-10)16(4,5)6/h8-9,17H,1-7H3. The van der Waals surface area contributed by atoms with Crippen molar-refractivity contribution < 1.29 is 14.6 Å². The molecule has 0 amide bonds. The molecule has 1 aromatic carbocycles. The van der Waals surface area contributed by atoms with E-state index in [1.165, 1.54) is 7.11 Å². The first-order chi connectivity index (χ1) is 8.48. The molecule has 0 spiro atoms. The Kier molecular flexibility index (Phi) is 3.99. The zero-order valence-electron chi connectivity index (χ0n) is 12.9. The summed E-state index contributed by atoms with van der Waals surface area (Å²) in [5.41, 5.74) is 1.67. The van der Waals surface area contributed by atoms with Crippen molar-refractivity contribution >= 4 is 5.97 Å². The van der Waals surface area contributed by atoms with E-state index in [1.807, 2.05) is 26.8 Å². The number of methoxy groups -OCH3 is 1. The first-order valence-electron chi connectivity index (χ1n) is 6.44. The summed E-state index contributed by atoms with van der Waals surface area (Å²) in [7, 11) is 1.32. The molecular weight excluding hydrogens is 240 g/mol. The van der Waals surface area contributed by atoms with Crippen LogP contribution < -0.4 is 0 Å². The molecule has 0 fully saturated rings. The lowest BCUT2D eigenvalue weighted by Gasteiger charge is -2.27. The molecule has 0 aliphatic rings. The van der Waals surface area contributed by atoms with E-state index in [1.54, 1.807) is 6.07 Å². The SMILES string of the molecule is COC(=O)c1cc(C(C)(C)C)cc(C(C)(C)C)c1O. The maximum absolute atomic E-state index is 11.8. The fourth-order valence-corrected chi connectivity index (χ4v) is 1.90. The fraction of sp³-hybridized carbons (Fsp3) is 0.562. The summed E-state index contributed by atoms with van der Waals surface area (Å²) in [6.45, 7) is 12.3. The van der Waals surface area contributed by atoms with Crippen LogP contribution in [-0.2, 0) is 15.6 Å². The van der Waals surface area contributed by atoms with E-state index in [0.717, 1.165) is 11.1 Å². The van der Waals surface area contributed by atoms with Gasteiger partial charge in [0.2, 0.25) is 0 Å². The Hall–Kier alpha value is -1.51. The van der Waals surface area contributed by atoms with Gasteiger partial charge in [0.1, 0.15) is 11.3 Å². The highest BCUT2D eigenvalue weighted by atomic mass is 16.5. The van der Waals surface area contributed by atoms with Gasteiger partial charge in [0.05, 0.1) is 7.11 Å². The van der Waals surface area contributed by atoms with Gasteiger partial charge in [0.25, 0.3) is 0 Å². The average molecular weight is 264 g/mol. The Labute approximate surface area is 115 Å².